The summed E-state index contributed by atoms with van der Waals surface area (Å²) in [6.07, 6.45) is 6.68. The number of nitrogens with zero attached hydrogens (tertiary/aromatic N) is 2. The van der Waals surface area contributed by atoms with E-state index in [2.05, 4.69) is 23.1 Å². The van der Waals surface area contributed by atoms with Crippen LogP contribution in [0.3, 0.4) is 0 Å². The van der Waals surface area contributed by atoms with Crippen molar-refractivity contribution in [1.29, 1.82) is 0 Å². The second-order valence-electron chi connectivity index (χ2n) is 4.66. The minimum absolute atomic E-state index is 0.534. The fraction of sp³-hybridized carbons (Fsp3) is 0.312. The topological polar surface area (TPSA) is 39.1 Å². The van der Waals surface area contributed by atoms with Gasteiger partial charge < -0.3 is 10.1 Å². The average Bonchev–Trinajstić information content (AvgIpc) is 2.88. The van der Waals surface area contributed by atoms with Gasteiger partial charge in [-0.1, -0.05) is 30.9 Å². The number of benzene rings is 1. The van der Waals surface area contributed by atoms with E-state index in [9.17, 15) is 0 Å². The van der Waals surface area contributed by atoms with Gasteiger partial charge >= 0.3 is 0 Å². The number of rotatable bonds is 8. The molecule has 20 heavy (non-hydrogen) atoms. The highest BCUT2D eigenvalue weighted by molar-refractivity contribution is 5.33. The molecule has 4 nitrogen and oxygen atoms in total. The molecule has 1 aromatic carbocycles. The molecule has 4 heteroatoms. The molecule has 0 atom stereocenters. The van der Waals surface area contributed by atoms with Crippen LogP contribution < -0.4 is 10.1 Å². The molecule has 0 unspecified atom stereocenters. The second kappa shape index (κ2) is 7.50. The Balaban J connectivity index is 1.80. The van der Waals surface area contributed by atoms with E-state index >= 15 is 0 Å². The Morgan fingerprint density at radius 2 is 2.25 bits per heavy atom. The standard InChI is InChI=1S/C16H21N3O/c1-3-10-20-16-7-5-4-6-15(16)12-17-9-8-14-11-18-19(2)13-14/h3-7,11,13,17H,1,8-10,12H2,2H3. The first-order chi connectivity index (χ1) is 9.79. The summed E-state index contributed by atoms with van der Waals surface area (Å²) < 4.78 is 7.46. The third kappa shape index (κ3) is 4.24. The predicted molar refractivity (Wildman–Crippen MR) is 80.8 cm³/mol. The maximum absolute atomic E-state index is 5.63. The Bertz CT molecular complexity index is 548. The summed E-state index contributed by atoms with van der Waals surface area (Å²) in [6.45, 7) is 5.92. The van der Waals surface area contributed by atoms with E-state index < -0.39 is 0 Å². The SMILES string of the molecule is C=CCOc1ccccc1CNCCc1cnn(C)c1. The van der Waals surface area contributed by atoms with Crippen LogP contribution in [-0.2, 0) is 20.0 Å². The Hall–Kier alpha value is -2.07. The average molecular weight is 271 g/mol. The number of nitrogens with one attached hydrogen (secondary N) is 1. The lowest BCUT2D eigenvalue weighted by atomic mass is 10.2. The number of aromatic nitrogens is 2. The summed E-state index contributed by atoms with van der Waals surface area (Å²) in [7, 11) is 1.93. The van der Waals surface area contributed by atoms with Gasteiger partial charge in [-0.3, -0.25) is 4.68 Å². The molecule has 0 saturated carbocycles. The second-order valence-corrected chi connectivity index (χ2v) is 4.66. The summed E-state index contributed by atoms with van der Waals surface area (Å²) in [5.41, 5.74) is 2.41. The van der Waals surface area contributed by atoms with Crippen molar-refractivity contribution in [2.45, 2.75) is 13.0 Å². The Morgan fingerprint density at radius 3 is 3.00 bits per heavy atom. The van der Waals surface area contributed by atoms with Crippen molar-refractivity contribution in [2.24, 2.45) is 7.05 Å². The van der Waals surface area contributed by atoms with Crippen LogP contribution in [-0.4, -0.2) is 22.9 Å². The van der Waals surface area contributed by atoms with Gasteiger partial charge in [-0.05, 0) is 24.6 Å². The molecule has 1 aromatic heterocycles. The predicted octanol–water partition coefficient (Wildman–Crippen LogP) is 2.32. The van der Waals surface area contributed by atoms with Gasteiger partial charge in [0, 0.05) is 25.4 Å². The molecule has 0 aliphatic carbocycles. The fourth-order valence-corrected chi connectivity index (χ4v) is 2.00. The normalized spacial score (nSPS) is 10.4. The van der Waals surface area contributed by atoms with Crippen LogP contribution in [0.5, 0.6) is 5.75 Å². The summed E-state index contributed by atoms with van der Waals surface area (Å²) in [5, 5.41) is 7.59. The van der Waals surface area contributed by atoms with Gasteiger partial charge in [0.15, 0.2) is 0 Å². The van der Waals surface area contributed by atoms with Gasteiger partial charge in [0.05, 0.1) is 6.20 Å². The van der Waals surface area contributed by atoms with E-state index in [1.54, 1.807) is 6.08 Å². The van der Waals surface area contributed by atoms with Crippen LogP contribution in [0.2, 0.25) is 0 Å². The molecular weight excluding hydrogens is 250 g/mol. The molecule has 1 heterocycles. The zero-order valence-electron chi connectivity index (χ0n) is 11.9. The third-order valence-electron chi connectivity index (χ3n) is 2.99. The van der Waals surface area contributed by atoms with Crippen LogP contribution in [0, 0.1) is 0 Å². The van der Waals surface area contributed by atoms with E-state index in [1.807, 2.05) is 42.3 Å². The van der Waals surface area contributed by atoms with Crippen LogP contribution in [0.25, 0.3) is 0 Å². The quantitative estimate of drug-likeness (QED) is 0.591. The van der Waals surface area contributed by atoms with Gasteiger partial charge in [0.2, 0.25) is 0 Å². The van der Waals surface area contributed by atoms with E-state index in [-0.39, 0.29) is 0 Å². The van der Waals surface area contributed by atoms with Crippen LogP contribution in [0.4, 0.5) is 0 Å². The van der Waals surface area contributed by atoms with Gasteiger partial charge in [-0.15, -0.1) is 0 Å². The zero-order valence-corrected chi connectivity index (χ0v) is 11.9. The van der Waals surface area contributed by atoms with Crippen molar-refractivity contribution in [3.63, 3.8) is 0 Å². The van der Waals surface area contributed by atoms with Gasteiger partial charge in [-0.2, -0.15) is 5.10 Å². The van der Waals surface area contributed by atoms with E-state index in [1.165, 1.54) is 11.1 Å². The first kappa shape index (κ1) is 14.3. The van der Waals surface area contributed by atoms with Gasteiger partial charge in [0.1, 0.15) is 12.4 Å². The molecule has 1 N–H and O–H groups in total. The Morgan fingerprint density at radius 1 is 1.40 bits per heavy atom. The number of ether oxygens (including phenoxy) is 1. The van der Waals surface area contributed by atoms with Crippen molar-refractivity contribution >= 4 is 0 Å². The summed E-state index contributed by atoms with van der Waals surface area (Å²) in [4.78, 5) is 0. The molecular formula is C16H21N3O. The summed E-state index contributed by atoms with van der Waals surface area (Å²) in [6, 6.07) is 8.08. The number of para-hydroxylation sites is 1. The lowest BCUT2D eigenvalue weighted by Crippen LogP contribution is -2.17. The zero-order chi connectivity index (χ0) is 14.2. The van der Waals surface area contributed by atoms with Crippen molar-refractivity contribution in [3.05, 3.63) is 60.4 Å². The monoisotopic (exact) mass is 271 g/mol. The van der Waals surface area contributed by atoms with Crippen molar-refractivity contribution in [2.75, 3.05) is 13.2 Å². The maximum Gasteiger partial charge on any atom is 0.124 e. The highest BCUT2D eigenvalue weighted by Crippen LogP contribution is 2.17. The Kier molecular flexibility index (Phi) is 5.38. The molecule has 0 radical (unpaired) electrons. The minimum atomic E-state index is 0.534. The Labute approximate surface area is 120 Å². The molecule has 2 rings (SSSR count). The first-order valence-corrected chi connectivity index (χ1v) is 6.79. The third-order valence-corrected chi connectivity index (χ3v) is 2.99. The molecule has 0 fully saturated rings. The molecule has 0 spiro atoms. The molecule has 0 saturated heterocycles. The molecule has 0 bridgehead atoms. The smallest absolute Gasteiger partial charge is 0.124 e. The van der Waals surface area contributed by atoms with Crippen LogP contribution >= 0.6 is 0 Å². The van der Waals surface area contributed by atoms with Crippen LogP contribution in [0.15, 0.2) is 49.3 Å². The van der Waals surface area contributed by atoms with Gasteiger partial charge in [0.25, 0.3) is 0 Å². The highest BCUT2D eigenvalue weighted by Gasteiger charge is 2.02. The molecule has 2 aromatic rings. The molecule has 0 aliphatic rings. The van der Waals surface area contributed by atoms with E-state index in [0.29, 0.717) is 6.61 Å². The fourth-order valence-electron chi connectivity index (χ4n) is 2.00. The van der Waals surface area contributed by atoms with Crippen molar-refractivity contribution < 1.29 is 4.74 Å². The van der Waals surface area contributed by atoms with Crippen molar-refractivity contribution in [3.8, 4) is 5.75 Å². The highest BCUT2D eigenvalue weighted by atomic mass is 16.5. The number of aryl methyl sites for hydroxylation is 1. The summed E-state index contributed by atoms with van der Waals surface area (Å²) in [5.74, 6) is 0.918. The maximum atomic E-state index is 5.63. The lowest BCUT2D eigenvalue weighted by molar-refractivity contribution is 0.358. The lowest BCUT2D eigenvalue weighted by Gasteiger charge is -2.10. The number of hydrogen-bond donors (Lipinski definition) is 1. The van der Waals surface area contributed by atoms with Crippen LogP contribution in [0.1, 0.15) is 11.1 Å². The van der Waals surface area contributed by atoms with E-state index in [4.69, 9.17) is 4.74 Å². The molecule has 0 aliphatic heterocycles. The van der Waals surface area contributed by atoms with Gasteiger partial charge in [-0.25, -0.2) is 0 Å². The first-order valence-electron chi connectivity index (χ1n) is 6.79. The number of hydrogen-bond acceptors (Lipinski definition) is 3. The molecule has 106 valence electrons. The molecule has 0 amide bonds. The van der Waals surface area contributed by atoms with Crippen molar-refractivity contribution in [1.82, 2.24) is 15.1 Å². The van der Waals surface area contributed by atoms with E-state index in [0.717, 1.165) is 25.3 Å². The minimum Gasteiger partial charge on any atom is -0.489 e. The summed E-state index contributed by atoms with van der Waals surface area (Å²) >= 11 is 0. The largest absolute Gasteiger partial charge is 0.489 e.